The zero-order valence-electron chi connectivity index (χ0n) is 12.1. The van der Waals surface area contributed by atoms with Crippen LogP contribution in [0.1, 0.15) is 5.56 Å². The van der Waals surface area contributed by atoms with Gasteiger partial charge in [-0.15, -0.1) is 0 Å². The lowest BCUT2D eigenvalue weighted by Gasteiger charge is -2.01. The van der Waals surface area contributed by atoms with E-state index in [1.165, 1.54) is 0 Å². The Morgan fingerprint density at radius 3 is 2.39 bits per heavy atom. The maximum Gasteiger partial charge on any atom is 0.271 e. The van der Waals surface area contributed by atoms with Crippen molar-refractivity contribution in [2.75, 3.05) is 6.61 Å². The van der Waals surface area contributed by atoms with Gasteiger partial charge in [0.1, 0.15) is 6.61 Å². The number of hydrogen-bond donors (Lipinski definition) is 2. The number of ether oxygens (including phenoxy) is 1. The third kappa shape index (κ3) is 3.58. The second kappa shape index (κ2) is 6.80. The van der Waals surface area contributed by atoms with Crippen molar-refractivity contribution in [3.8, 4) is 0 Å². The molecule has 7 nitrogen and oxygen atoms in total. The third-order valence-corrected chi connectivity index (χ3v) is 3.22. The lowest BCUT2D eigenvalue weighted by atomic mass is 10.2. The summed E-state index contributed by atoms with van der Waals surface area (Å²) in [5, 5.41) is 16.9. The van der Waals surface area contributed by atoms with E-state index in [1.807, 2.05) is 30.3 Å². The maximum absolute atomic E-state index is 11.3. The minimum Gasteiger partial charge on any atom is -0.475 e. The molecule has 23 heavy (non-hydrogen) atoms. The van der Waals surface area contributed by atoms with Gasteiger partial charge in [-0.25, -0.2) is 10.5 Å². The molecule has 0 bridgehead atoms. The van der Waals surface area contributed by atoms with Gasteiger partial charge in [0.05, 0.1) is 11.4 Å². The summed E-state index contributed by atoms with van der Waals surface area (Å²) in [6.07, 6.45) is 0. The number of benzene rings is 2. The number of carbonyl (C=O) groups is 1. The van der Waals surface area contributed by atoms with Crippen LogP contribution < -0.4 is 5.48 Å². The molecule has 2 N–H and O–H groups in total. The van der Waals surface area contributed by atoms with Crippen LogP contribution in [0.5, 0.6) is 0 Å². The van der Waals surface area contributed by atoms with Crippen LogP contribution in [0.4, 0.5) is 11.4 Å². The normalized spacial score (nSPS) is 16.9. The van der Waals surface area contributed by atoms with E-state index in [1.54, 1.807) is 29.7 Å². The highest BCUT2D eigenvalue weighted by Gasteiger charge is 2.26. The van der Waals surface area contributed by atoms with E-state index in [0.29, 0.717) is 11.6 Å². The number of nitrogens with one attached hydrogen (secondary N) is 1. The van der Waals surface area contributed by atoms with Gasteiger partial charge < -0.3 is 4.74 Å². The van der Waals surface area contributed by atoms with Crippen LogP contribution in [-0.4, -0.2) is 29.7 Å². The summed E-state index contributed by atoms with van der Waals surface area (Å²) in [5.41, 5.74) is 3.77. The molecule has 0 aromatic heterocycles. The molecular formula is C16H14N4O3. The summed E-state index contributed by atoms with van der Waals surface area (Å²) in [6, 6.07) is 15.9. The van der Waals surface area contributed by atoms with E-state index in [0.717, 1.165) is 11.3 Å². The molecule has 2 aromatic carbocycles. The van der Waals surface area contributed by atoms with Gasteiger partial charge in [0, 0.05) is 5.56 Å². The molecule has 0 fully saturated rings. The van der Waals surface area contributed by atoms with E-state index < -0.39 is 11.9 Å². The van der Waals surface area contributed by atoms with Gasteiger partial charge in [-0.1, -0.05) is 18.2 Å². The monoisotopic (exact) mass is 310 g/mol. The van der Waals surface area contributed by atoms with Crippen molar-refractivity contribution in [3.63, 3.8) is 0 Å². The third-order valence-electron chi connectivity index (χ3n) is 3.22. The van der Waals surface area contributed by atoms with Crippen LogP contribution in [0.3, 0.4) is 0 Å². The summed E-state index contributed by atoms with van der Waals surface area (Å²) >= 11 is 0. The Bertz CT molecular complexity index is 742. The first-order valence-electron chi connectivity index (χ1n) is 6.98. The van der Waals surface area contributed by atoms with E-state index in [-0.39, 0.29) is 6.61 Å². The van der Waals surface area contributed by atoms with Gasteiger partial charge in [0.25, 0.3) is 5.91 Å². The van der Waals surface area contributed by atoms with Crippen molar-refractivity contribution in [1.29, 1.82) is 0 Å². The Hall–Kier alpha value is -3.06. The van der Waals surface area contributed by atoms with Crippen molar-refractivity contribution in [2.45, 2.75) is 6.04 Å². The summed E-state index contributed by atoms with van der Waals surface area (Å²) < 4.78 is 5.37. The predicted molar refractivity (Wildman–Crippen MR) is 83.3 cm³/mol. The van der Waals surface area contributed by atoms with E-state index in [4.69, 9.17) is 9.94 Å². The average molecular weight is 310 g/mol. The summed E-state index contributed by atoms with van der Waals surface area (Å²) in [5.74, 6) is -0.224. The molecule has 2 aromatic rings. The molecule has 0 radical (unpaired) electrons. The van der Waals surface area contributed by atoms with Crippen LogP contribution in [-0.2, 0) is 9.53 Å². The Kier molecular flexibility index (Phi) is 4.39. The van der Waals surface area contributed by atoms with E-state index in [9.17, 15) is 4.79 Å². The fourth-order valence-electron chi connectivity index (χ4n) is 2.02. The van der Waals surface area contributed by atoms with Gasteiger partial charge in [-0.05, 0) is 36.4 Å². The molecule has 0 saturated heterocycles. The van der Waals surface area contributed by atoms with Gasteiger partial charge >= 0.3 is 0 Å². The number of aliphatic imine (C=N–C) groups is 1. The zero-order chi connectivity index (χ0) is 16.1. The van der Waals surface area contributed by atoms with Gasteiger partial charge in [-0.2, -0.15) is 10.2 Å². The van der Waals surface area contributed by atoms with Crippen LogP contribution in [0.25, 0.3) is 0 Å². The number of hydrogen-bond acceptors (Lipinski definition) is 6. The molecule has 0 aliphatic carbocycles. The van der Waals surface area contributed by atoms with Crippen molar-refractivity contribution >= 4 is 23.2 Å². The highest BCUT2D eigenvalue weighted by molar-refractivity contribution is 5.98. The van der Waals surface area contributed by atoms with Gasteiger partial charge in [-0.3, -0.25) is 10.0 Å². The van der Waals surface area contributed by atoms with Crippen LogP contribution in [0.2, 0.25) is 0 Å². The Morgan fingerprint density at radius 1 is 1.09 bits per heavy atom. The van der Waals surface area contributed by atoms with Gasteiger partial charge in [0.15, 0.2) is 6.04 Å². The summed E-state index contributed by atoms with van der Waals surface area (Å²) in [4.78, 5) is 15.4. The first-order chi connectivity index (χ1) is 11.3. The first-order valence-corrected chi connectivity index (χ1v) is 6.98. The Balaban J connectivity index is 1.70. The van der Waals surface area contributed by atoms with Gasteiger partial charge in [0.2, 0.25) is 5.90 Å². The smallest absolute Gasteiger partial charge is 0.271 e. The average Bonchev–Trinajstić information content (AvgIpc) is 3.11. The highest BCUT2D eigenvalue weighted by atomic mass is 16.5. The molecule has 1 unspecified atom stereocenters. The van der Waals surface area contributed by atoms with E-state index in [2.05, 4.69) is 15.2 Å². The minimum atomic E-state index is -0.729. The fourth-order valence-corrected chi connectivity index (χ4v) is 2.02. The molecule has 7 heteroatoms. The van der Waals surface area contributed by atoms with E-state index >= 15 is 0 Å². The number of rotatable bonds is 4. The lowest BCUT2D eigenvalue weighted by Crippen LogP contribution is -2.31. The highest BCUT2D eigenvalue weighted by Crippen LogP contribution is 2.20. The van der Waals surface area contributed by atoms with Crippen molar-refractivity contribution in [2.24, 2.45) is 15.2 Å². The molecule has 1 aliphatic rings. The second-order valence-corrected chi connectivity index (χ2v) is 4.82. The molecule has 116 valence electrons. The maximum atomic E-state index is 11.3. The predicted octanol–water partition coefficient (Wildman–Crippen LogP) is 2.75. The molecular weight excluding hydrogens is 296 g/mol. The largest absolute Gasteiger partial charge is 0.475 e. The Morgan fingerprint density at radius 2 is 1.74 bits per heavy atom. The fraction of sp³-hybridized carbons (Fsp3) is 0.125. The molecule has 0 saturated carbocycles. The Labute approximate surface area is 132 Å². The SMILES string of the molecule is O=C(NO)C1COC(c2ccc(N=Nc3ccccc3)cc2)=N1. The minimum absolute atomic E-state index is 0.108. The summed E-state index contributed by atoms with van der Waals surface area (Å²) in [7, 11) is 0. The topological polar surface area (TPSA) is 95.6 Å². The van der Waals surface area contributed by atoms with Crippen LogP contribution in [0, 0.1) is 0 Å². The number of azo groups is 1. The molecule has 1 aliphatic heterocycles. The number of nitrogens with zero attached hydrogens (tertiary/aromatic N) is 3. The zero-order valence-corrected chi connectivity index (χ0v) is 12.1. The standard InChI is InChI=1S/C16H14N4O3/c21-15(20-22)14-10-23-16(17-14)11-6-8-13(9-7-11)19-18-12-4-2-1-3-5-12/h1-9,14,22H,10H2,(H,20,21). The second-order valence-electron chi connectivity index (χ2n) is 4.82. The lowest BCUT2D eigenvalue weighted by molar-refractivity contribution is -0.130. The molecule has 1 atom stereocenters. The van der Waals surface area contributed by atoms with Crippen molar-refractivity contribution in [3.05, 3.63) is 60.2 Å². The number of amides is 1. The molecule has 1 heterocycles. The van der Waals surface area contributed by atoms with Crippen LogP contribution >= 0.6 is 0 Å². The van der Waals surface area contributed by atoms with Crippen molar-refractivity contribution < 1.29 is 14.7 Å². The first kappa shape index (κ1) is 14.9. The van der Waals surface area contributed by atoms with Crippen molar-refractivity contribution in [1.82, 2.24) is 5.48 Å². The number of hydroxylamine groups is 1. The molecule has 0 spiro atoms. The quantitative estimate of drug-likeness (QED) is 0.516. The van der Waals surface area contributed by atoms with Crippen LogP contribution in [0.15, 0.2) is 69.8 Å². The molecule has 3 rings (SSSR count). The molecule has 1 amide bonds. The summed E-state index contributed by atoms with van der Waals surface area (Å²) in [6.45, 7) is 0.108. The number of carbonyl (C=O) groups excluding carboxylic acids is 1.